The third kappa shape index (κ3) is 4.96. The number of benzene rings is 2. The minimum atomic E-state index is -0.745. The molecule has 1 atom stereocenters. The first-order valence-electron chi connectivity index (χ1n) is 10.7. The van der Waals surface area contributed by atoms with Crippen LogP contribution in [0.25, 0.3) is 5.76 Å². The standard InChI is InChI=1S/C25H29NO7/c1-5-33-18-10-7-16(8-11-18)22-21(24(28)25(29)26(22)13-6-14-30-2)23(27)17-9-12-19(31-3)20(15-17)32-4/h7-12,15,22,27H,5-6,13-14H2,1-4H3/b23-21-. The molecular formula is C25H29NO7. The molecule has 0 spiro atoms. The highest BCUT2D eigenvalue weighted by Crippen LogP contribution is 2.41. The highest BCUT2D eigenvalue weighted by atomic mass is 16.5. The molecule has 33 heavy (non-hydrogen) atoms. The van der Waals surface area contributed by atoms with E-state index in [-0.39, 0.29) is 11.3 Å². The quantitative estimate of drug-likeness (QED) is 0.253. The van der Waals surface area contributed by atoms with Gasteiger partial charge in [0.2, 0.25) is 0 Å². The highest BCUT2D eigenvalue weighted by Gasteiger charge is 2.45. The normalized spacial score (nSPS) is 17.3. The Morgan fingerprint density at radius 2 is 1.70 bits per heavy atom. The van der Waals surface area contributed by atoms with Crippen molar-refractivity contribution in [1.82, 2.24) is 4.90 Å². The topological polar surface area (TPSA) is 94.5 Å². The minimum Gasteiger partial charge on any atom is -0.507 e. The van der Waals surface area contributed by atoms with Gasteiger partial charge in [0.05, 0.1) is 32.4 Å². The SMILES string of the molecule is CCOc1ccc(C2/C(=C(/O)c3ccc(OC)c(OC)c3)C(=O)C(=O)N2CCCOC)cc1. The molecule has 1 amide bonds. The Hall–Kier alpha value is -3.52. The molecule has 0 radical (unpaired) electrons. The summed E-state index contributed by atoms with van der Waals surface area (Å²) in [5.41, 5.74) is 1.06. The van der Waals surface area contributed by atoms with E-state index < -0.39 is 17.7 Å². The van der Waals surface area contributed by atoms with Crippen LogP contribution in [0.2, 0.25) is 0 Å². The van der Waals surface area contributed by atoms with Crippen LogP contribution in [-0.2, 0) is 14.3 Å². The van der Waals surface area contributed by atoms with Gasteiger partial charge in [-0.2, -0.15) is 0 Å². The van der Waals surface area contributed by atoms with Crippen LogP contribution in [0.1, 0.15) is 30.5 Å². The summed E-state index contributed by atoms with van der Waals surface area (Å²) in [6.45, 7) is 3.16. The van der Waals surface area contributed by atoms with Gasteiger partial charge in [-0.05, 0) is 49.2 Å². The summed E-state index contributed by atoms with van der Waals surface area (Å²) in [4.78, 5) is 27.5. The number of Topliss-reactive ketones (excluding diaryl/α,β-unsaturated/α-hetero) is 1. The van der Waals surface area contributed by atoms with Crippen molar-refractivity contribution < 1.29 is 33.6 Å². The second kappa shape index (κ2) is 10.9. The molecule has 0 aromatic heterocycles. The number of ether oxygens (including phenoxy) is 4. The molecular weight excluding hydrogens is 426 g/mol. The number of carbonyl (C=O) groups is 2. The summed E-state index contributed by atoms with van der Waals surface area (Å²) in [5, 5.41) is 11.2. The molecule has 2 aromatic carbocycles. The van der Waals surface area contributed by atoms with E-state index >= 15 is 0 Å². The highest BCUT2D eigenvalue weighted by molar-refractivity contribution is 6.46. The number of likely N-dealkylation sites (tertiary alicyclic amines) is 1. The summed E-state index contributed by atoms with van der Waals surface area (Å²) in [6, 6.07) is 11.2. The average molecular weight is 456 g/mol. The average Bonchev–Trinajstić information content (AvgIpc) is 3.09. The van der Waals surface area contributed by atoms with Crippen LogP contribution in [0.15, 0.2) is 48.0 Å². The van der Waals surface area contributed by atoms with Crippen LogP contribution < -0.4 is 14.2 Å². The molecule has 1 fully saturated rings. The van der Waals surface area contributed by atoms with Crippen molar-refractivity contribution in [3.05, 3.63) is 59.2 Å². The Morgan fingerprint density at radius 1 is 1.00 bits per heavy atom. The van der Waals surface area contributed by atoms with E-state index in [0.29, 0.717) is 54.6 Å². The Balaban J connectivity index is 2.11. The number of amides is 1. The molecule has 3 rings (SSSR count). The molecule has 1 heterocycles. The minimum absolute atomic E-state index is 0.0220. The van der Waals surface area contributed by atoms with Crippen molar-refractivity contribution in [2.75, 3.05) is 41.1 Å². The predicted octanol–water partition coefficient (Wildman–Crippen LogP) is 3.56. The Bertz CT molecular complexity index is 1030. The lowest BCUT2D eigenvalue weighted by Crippen LogP contribution is -2.31. The number of methoxy groups -OCH3 is 3. The maximum Gasteiger partial charge on any atom is 0.295 e. The van der Waals surface area contributed by atoms with Gasteiger partial charge in [0, 0.05) is 25.8 Å². The van der Waals surface area contributed by atoms with Gasteiger partial charge in [0.25, 0.3) is 11.7 Å². The number of aliphatic hydroxyl groups excluding tert-OH is 1. The molecule has 0 bridgehead atoms. The van der Waals surface area contributed by atoms with E-state index in [9.17, 15) is 14.7 Å². The Morgan fingerprint density at radius 3 is 2.30 bits per heavy atom. The van der Waals surface area contributed by atoms with E-state index in [4.69, 9.17) is 18.9 Å². The van der Waals surface area contributed by atoms with Crippen molar-refractivity contribution in [3.63, 3.8) is 0 Å². The lowest BCUT2D eigenvalue weighted by Gasteiger charge is -2.25. The summed E-state index contributed by atoms with van der Waals surface area (Å²) >= 11 is 0. The monoisotopic (exact) mass is 455 g/mol. The van der Waals surface area contributed by atoms with Gasteiger partial charge in [-0.3, -0.25) is 9.59 Å². The van der Waals surface area contributed by atoms with Gasteiger partial charge < -0.3 is 29.0 Å². The van der Waals surface area contributed by atoms with Gasteiger partial charge in [0.1, 0.15) is 11.5 Å². The Kier molecular flexibility index (Phi) is 7.95. The van der Waals surface area contributed by atoms with Crippen LogP contribution in [0.5, 0.6) is 17.2 Å². The number of rotatable bonds is 10. The zero-order valence-electron chi connectivity index (χ0n) is 19.3. The smallest absolute Gasteiger partial charge is 0.295 e. The van der Waals surface area contributed by atoms with E-state index in [1.165, 1.54) is 19.1 Å². The van der Waals surface area contributed by atoms with Crippen LogP contribution in [0.3, 0.4) is 0 Å². The maximum absolute atomic E-state index is 13.1. The van der Waals surface area contributed by atoms with Crippen molar-refractivity contribution in [2.45, 2.75) is 19.4 Å². The Labute approximate surface area is 193 Å². The molecule has 0 aliphatic carbocycles. The molecule has 1 aliphatic heterocycles. The number of hydrogen-bond donors (Lipinski definition) is 1. The molecule has 1 saturated heterocycles. The van der Waals surface area contributed by atoms with Crippen LogP contribution >= 0.6 is 0 Å². The molecule has 1 unspecified atom stereocenters. The van der Waals surface area contributed by atoms with Gasteiger partial charge >= 0.3 is 0 Å². The lowest BCUT2D eigenvalue weighted by atomic mass is 9.95. The van der Waals surface area contributed by atoms with E-state index in [0.717, 1.165) is 0 Å². The predicted molar refractivity (Wildman–Crippen MR) is 123 cm³/mol. The molecule has 8 nitrogen and oxygen atoms in total. The van der Waals surface area contributed by atoms with E-state index in [1.807, 2.05) is 6.92 Å². The van der Waals surface area contributed by atoms with E-state index in [1.54, 1.807) is 49.6 Å². The molecule has 0 saturated carbocycles. The second-order valence-corrected chi connectivity index (χ2v) is 7.41. The number of aliphatic hydroxyl groups is 1. The zero-order valence-corrected chi connectivity index (χ0v) is 19.3. The van der Waals surface area contributed by atoms with Crippen LogP contribution in [0.4, 0.5) is 0 Å². The second-order valence-electron chi connectivity index (χ2n) is 7.41. The number of nitrogens with zero attached hydrogens (tertiary/aromatic N) is 1. The van der Waals surface area contributed by atoms with Gasteiger partial charge in [-0.15, -0.1) is 0 Å². The maximum atomic E-state index is 13.1. The summed E-state index contributed by atoms with van der Waals surface area (Å²) < 4.78 is 21.2. The number of carbonyl (C=O) groups excluding carboxylic acids is 2. The summed E-state index contributed by atoms with van der Waals surface area (Å²) in [5.74, 6) is -0.115. The third-order valence-corrected chi connectivity index (χ3v) is 5.45. The fourth-order valence-corrected chi connectivity index (χ4v) is 3.89. The number of ketones is 1. The fourth-order valence-electron chi connectivity index (χ4n) is 3.89. The van der Waals surface area contributed by atoms with Crippen LogP contribution in [-0.4, -0.2) is 62.8 Å². The molecule has 1 aliphatic rings. The van der Waals surface area contributed by atoms with Gasteiger partial charge in [-0.1, -0.05) is 12.1 Å². The first-order chi connectivity index (χ1) is 16.0. The first kappa shape index (κ1) is 24.1. The summed E-state index contributed by atoms with van der Waals surface area (Å²) in [7, 11) is 4.57. The molecule has 1 N–H and O–H groups in total. The van der Waals surface area contributed by atoms with Crippen molar-refractivity contribution in [2.24, 2.45) is 0 Å². The van der Waals surface area contributed by atoms with Crippen molar-refractivity contribution >= 4 is 17.4 Å². The zero-order chi connectivity index (χ0) is 24.0. The summed E-state index contributed by atoms with van der Waals surface area (Å²) in [6.07, 6.45) is 0.549. The molecule has 2 aromatic rings. The lowest BCUT2D eigenvalue weighted by molar-refractivity contribution is -0.140. The van der Waals surface area contributed by atoms with E-state index in [2.05, 4.69) is 0 Å². The van der Waals surface area contributed by atoms with Gasteiger partial charge in [-0.25, -0.2) is 0 Å². The van der Waals surface area contributed by atoms with Gasteiger partial charge in [0.15, 0.2) is 11.5 Å². The third-order valence-electron chi connectivity index (χ3n) is 5.45. The number of hydrogen-bond acceptors (Lipinski definition) is 7. The van der Waals surface area contributed by atoms with Crippen molar-refractivity contribution in [3.8, 4) is 17.2 Å². The van der Waals surface area contributed by atoms with Crippen molar-refractivity contribution in [1.29, 1.82) is 0 Å². The largest absolute Gasteiger partial charge is 0.507 e. The first-order valence-corrected chi connectivity index (χ1v) is 10.7. The van der Waals surface area contributed by atoms with Crippen LogP contribution in [0, 0.1) is 0 Å². The molecule has 8 heteroatoms. The molecule has 176 valence electrons. The fraction of sp³-hybridized carbons (Fsp3) is 0.360.